The summed E-state index contributed by atoms with van der Waals surface area (Å²) < 4.78 is 6.87. The number of hydrogen-bond acceptors (Lipinski definition) is 6. The number of nitrogens with zero attached hydrogens (tertiary/aromatic N) is 10. The fourth-order valence-electron chi connectivity index (χ4n) is 9.93. The third kappa shape index (κ3) is 6.75. The Morgan fingerprint density at radius 3 is 1.28 bits per heavy atom. The second kappa shape index (κ2) is 15.3. The zero-order valence-electron chi connectivity index (χ0n) is 38.8. The maximum absolute atomic E-state index is 5.52. The van der Waals surface area contributed by atoms with Gasteiger partial charge in [0, 0.05) is 80.2 Å². The molecule has 6 aromatic heterocycles. The molecule has 10 aromatic rings. The van der Waals surface area contributed by atoms with Crippen LogP contribution in [-0.2, 0) is 21.1 Å². The average Bonchev–Trinajstić information content (AvgIpc) is 4.11. The summed E-state index contributed by atoms with van der Waals surface area (Å²) in [7, 11) is 10.5. The zero-order chi connectivity index (χ0) is 46.5. The zero-order valence-corrected chi connectivity index (χ0v) is 38.8. The minimum atomic E-state index is 0.542. The molecule has 13 rings (SSSR count). The van der Waals surface area contributed by atoms with E-state index in [2.05, 4.69) is 189 Å². The minimum Gasteiger partial charge on any atom is -0.324 e. The van der Waals surface area contributed by atoms with E-state index < -0.39 is 0 Å². The summed E-state index contributed by atoms with van der Waals surface area (Å²) in [5.41, 5.74) is 14.5. The number of aromatic nitrogens is 11. The molecule has 12 heteroatoms. The van der Waals surface area contributed by atoms with Gasteiger partial charge in [0.1, 0.15) is 50.3 Å². The summed E-state index contributed by atoms with van der Waals surface area (Å²) in [5, 5.41) is 3.67. The van der Waals surface area contributed by atoms with Gasteiger partial charge in [0.2, 0.25) is 0 Å². The predicted octanol–water partition coefficient (Wildman–Crippen LogP) is 9.33. The van der Waals surface area contributed by atoms with E-state index in [1.54, 1.807) is 0 Å². The van der Waals surface area contributed by atoms with Crippen molar-refractivity contribution in [3.8, 4) is 78.9 Å². The molecule has 69 heavy (non-hydrogen) atoms. The monoisotopic (exact) mass is 898 g/mol. The van der Waals surface area contributed by atoms with Crippen molar-refractivity contribution in [2.75, 3.05) is 20.6 Å². The Morgan fingerprint density at radius 2 is 0.812 bits per heavy atom. The number of allylic oxidation sites excluding steroid dienone is 2. The molecule has 3 aliphatic rings. The Balaban J connectivity index is 1.20. The lowest BCUT2D eigenvalue weighted by Crippen LogP contribution is -2.34. The lowest BCUT2D eigenvalue weighted by atomic mass is 9.94. The van der Waals surface area contributed by atoms with Gasteiger partial charge in [-0.15, -0.1) is 0 Å². The van der Waals surface area contributed by atoms with E-state index in [0.29, 0.717) is 45.9 Å². The van der Waals surface area contributed by atoms with E-state index in [1.165, 1.54) is 0 Å². The van der Waals surface area contributed by atoms with Crippen LogP contribution in [0.2, 0.25) is 0 Å². The Bertz CT molecular complexity index is 3970. The molecule has 3 aliphatic heterocycles. The first-order valence-corrected chi connectivity index (χ1v) is 23.1. The van der Waals surface area contributed by atoms with Gasteiger partial charge in [-0.05, 0) is 56.7 Å². The normalized spacial score (nSPS) is 13.7. The second-order valence-electron chi connectivity index (χ2n) is 18.7. The molecular formula is C57H46N12+4. The van der Waals surface area contributed by atoms with E-state index in [-0.39, 0.29) is 0 Å². The van der Waals surface area contributed by atoms with Crippen molar-refractivity contribution in [3.63, 3.8) is 0 Å². The molecule has 12 nitrogen and oxygen atoms in total. The van der Waals surface area contributed by atoms with E-state index in [1.807, 2.05) is 34.8 Å². The van der Waals surface area contributed by atoms with Crippen LogP contribution < -0.4 is 13.7 Å². The predicted molar refractivity (Wildman–Crippen MR) is 270 cm³/mol. The third-order valence-electron chi connectivity index (χ3n) is 13.6. The molecule has 0 saturated heterocycles. The summed E-state index contributed by atoms with van der Waals surface area (Å²) in [5.74, 6) is 2.20. The summed E-state index contributed by atoms with van der Waals surface area (Å²) in [6.45, 7) is 0.852. The molecule has 0 saturated carbocycles. The topological polar surface area (TPSA) is 121 Å². The highest BCUT2D eigenvalue weighted by Crippen LogP contribution is 2.44. The number of H-pyrrole nitrogens is 2. The third-order valence-corrected chi connectivity index (χ3v) is 13.6. The lowest BCUT2D eigenvalue weighted by molar-refractivity contribution is -0.833. The van der Waals surface area contributed by atoms with Crippen LogP contribution in [0, 0.1) is 0 Å². The Hall–Kier alpha value is -8.87. The Morgan fingerprint density at radius 1 is 0.420 bits per heavy atom. The number of rotatable bonds is 4. The van der Waals surface area contributed by atoms with E-state index in [4.69, 9.17) is 29.9 Å². The van der Waals surface area contributed by atoms with Crippen LogP contribution in [0.1, 0.15) is 5.56 Å². The molecule has 0 aliphatic carbocycles. The molecule has 0 radical (unpaired) electrons. The van der Waals surface area contributed by atoms with Crippen molar-refractivity contribution in [3.05, 3.63) is 170 Å². The molecule has 330 valence electrons. The van der Waals surface area contributed by atoms with Crippen molar-refractivity contribution in [1.82, 2.24) is 39.9 Å². The highest BCUT2D eigenvalue weighted by Gasteiger charge is 2.28. The molecule has 0 atom stereocenters. The Labute approximate surface area is 397 Å². The number of nitrogens with one attached hydrogen (secondary N) is 2. The molecule has 8 bridgehead atoms. The number of quaternary nitrogens is 1. The van der Waals surface area contributed by atoms with Gasteiger partial charge in [-0.25, -0.2) is 43.6 Å². The second-order valence-corrected chi connectivity index (χ2v) is 18.7. The smallest absolute Gasteiger partial charge is 0.169 e. The minimum absolute atomic E-state index is 0.542. The van der Waals surface area contributed by atoms with Gasteiger partial charge in [0.15, 0.2) is 60.5 Å². The van der Waals surface area contributed by atoms with Gasteiger partial charge in [-0.2, -0.15) is 0 Å². The molecule has 0 unspecified atom stereocenters. The molecule has 0 spiro atoms. The van der Waals surface area contributed by atoms with Gasteiger partial charge >= 0.3 is 0 Å². The van der Waals surface area contributed by atoms with Gasteiger partial charge in [-0.3, -0.25) is 4.48 Å². The number of aryl methyl sites for hydroxylation is 3. The van der Waals surface area contributed by atoms with Crippen LogP contribution in [0.3, 0.4) is 0 Å². The van der Waals surface area contributed by atoms with E-state index in [9.17, 15) is 0 Å². The number of fused-ring (bicyclic) bond motifs is 20. The van der Waals surface area contributed by atoms with Crippen molar-refractivity contribution in [1.29, 1.82) is 0 Å². The highest BCUT2D eigenvalue weighted by molar-refractivity contribution is 6.14. The molecule has 2 N–H and O–H groups in total. The van der Waals surface area contributed by atoms with Crippen LogP contribution in [0.5, 0.6) is 0 Å². The van der Waals surface area contributed by atoms with Gasteiger partial charge in [0.05, 0.1) is 20.3 Å². The summed E-state index contributed by atoms with van der Waals surface area (Å²) in [6, 6.07) is 38.1. The van der Waals surface area contributed by atoms with Gasteiger partial charge < -0.3 is 9.97 Å². The van der Waals surface area contributed by atoms with E-state index >= 15 is 0 Å². The molecule has 0 amide bonds. The van der Waals surface area contributed by atoms with Crippen molar-refractivity contribution in [2.45, 2.75) is 0 Å². The number of aromatic amines is 2. The fourth-order valence-corrected chi connectivity index (χ4v) is 9.93. The van der Waals surface area contributed by atoms with Crippen molar-refractivity contribution < 1.29 is 18.2 Å². The number of pyridine rings is 3. The molecule has 0 fully saturated rings. The molecule has 9 heterocycles. The maximum Gasteiger partial charge on any atom is 0.169 e. The fraction of sp³-hybridized carbons (Fsp3) is 0.105. The van der Waals surface area contributed by atoms with Crippen molar-refractivity contribution >= 4 is 49.7 Å². The number of benzene rings is 4. The van der Waals surface area contributed by atoms with Crippen LogP contribution in [-0.4, -0.2) is 65.0 Å². The van der Waals surface area contributed by atoms with Crippen LogP contribution in [0.25, 0.3) is 129 Å². The maximum atomic E-state index is 5.52. The summed E-state index contributed by atoms with van der Waals surface area (Å²) in [6.07, 6.45) is 19.1. The Kier molecular flexibility index (Phi) is 8.98. The highest BCUT2D eigenvalue weighted by atomic mass is 15.3. The first kappa shape index (κ1) is 40.4. The van der Waals surface area contributed by atoms with Crippen LogP contribution >= 0.6 is 0 Å². The standard InChI is InChI=1S/C57H45N12/c1-66-26-18-34(19-27-66)38-10-6-14-42-46(38)54-58-50(42)60-55-48-40(36-22-30-68(3)31-23-36)12-8-16-44(48)52(62-55)64-57-49-41(37-24-32-69(4,5)33-25-37)13-9-17-45(49)53(65-57)63-56-47-39(35-20-28-67(2)29-21-35)11-7-15-43(47)51(59-54)61-56/h6-32H,33H2,1-5H3,(H,58,59,60,61,62,63,64,65)/q+3/p+1. The SMILES string of the molecule is C[n+]1ccc(-c2cccc3c2-c2nc-3nc3[nH]c(nc4nc(nc5[nH]c(n2)c2cccc(-c6cc[n+](C)cc6)c52)-c2cccc(C5=CC[N+](C)(C)C=C5)c2-4)c2cccc(-c4cc[n+](C)cc4)c32)cc1. The van der Waals surface area contributed by atoms with Crippen LogP contribution in [0.15, 0.2) is 165 Å². The molecule has 4 aromatic carbocycles. The quantitative estimate of drug-likeness (QED) is 0.134. The summed E-state index contributed by atoms with van der Waals surface area (Å²) in [4.78, 5) is 40.2. The van der Waals surface area contributed by atoms with Crippen molar-refractivity contribution in [2.24, 2.45) is 21.1 Å². The lowest BCUT2D eigenvalue weighted by Gasteiger charge is -2.27. The first-order valence-electron chi connectivity index (χ1n) is 23.1. The van der Waals surface area contributed by atoms with Gasteiger partial charge in [0.25, 0.3) is 0 Å². The van der Waals surface area contributed by atoms with E-state index in [0.717, 1.165) is 99.3 Å². The van der Waals surface area contributed by atoms with Crippen LogP contribution in [0.4, 0.5) is 0 Å². The van der Waals surface area contributed by atoms with Gasteiger partial charge in [-0.1, -0.05) is 72.8 Å². The average molecular weight is 899 g/mol. The molecular weight excluding hydrogens is 853 g/mol. The number of likely N-dealkylation sites (N-methyl/N-ethyl adjacent to an activating group) is 1. The number of hydrogen-bond donors (Lipinski definition) is 2. The summed E-state index contributed by atoms with van der Waals surface area (Å²) >= 11 is 0. The first-order chi connectivity index (χ1) is 33.6. The largest absolute Gasteiger partial charge is 0.324 e.